The van der Waals surface area contributed by atoms with Gasteiger partial charge >= 0.3 is 0 Å². The Morgan fingerprint density at radius 1 is 0.795 bits per heavy atom. The summed E-state index contributed by atoms with van der Waals surface area (Å²) in [6.45, 7) is 0.192. The first-order valence-electron chi connectivity index (χ1n) is 11.5. The smallest absolute Gasteiger partial charge is 0.262 e. The third kappa shape index (κ3) is 5.03. The van der Waals surface area contributed by atoms with Crippen molar-refractivity contribution in [1.82, 2.24) is 18.3 Å². The lowest BCUT2D eigenvalue weighted by atomic mass is 9.86. The van der Waals surface area contributed by atoms with Crippen molar-refractivity contribution in [2.75, 3.05) is 0 Å². The quantitative estimate of drug-likeness (QED) is 0.307. The fraction of sp³-hybridized carbons (Fsp3) is 0.231. The van der Waals surface area contributed by atoms with Gasteiger partial charge in [-0.1, -0.05) is 53.5 Å². The van der Waals surface area contributed by atoms with Crippen molar-refractivity contribution >= 4 is 47.6 Å². The molecule has 0 aliphatic rings. The molecule has 39 heavy (non-hydrogen) atoms. The summed E-state index contributed by atoms with van der Waals surface area (Å²) in [5, 5.41) is 22.5. The van der Waals surface area contributed by atoms with E-state index < -0.39 is 28.8 Å². The summed E-state index contributed by atoms with van der Waals surface area (Å²) in [5.41, 5.74) is -0.661. The van der Waals surface area contributed by atoms with E-state index in [4.69, 9.17) is 52.4 Å². The van der Waals surface area contributed by atoms with E-state index in [9.17, 15) is 19.8 Å². The van der Waals surface area contributed by atoms with Crippen molar-refractivity contribution in [2.45, 2.75) is 12.5 Å². The van der Waals surface area contributed by atoms with Gasteiger partial charge in [-0.25, -0.2) is 0 Å². The molecule has 0 amide bonds. The molecule has 4 aromatic rings. The van der Waals surface area contributed by atoms with E-state index in [0.717, 1.165) is 14.7 Å². The molecule has 0 atom stereocenters. The highest BCUT2D eigenvalue weighted by atomic mass is 35.5. The number of rotatable bonds is 6. The molecule has 13 heteroatoms. The van der Waals surface area contributed by atoms with E-state index >= 15 is 0 Å². The van der Waals surface area contributed by atoms with Gasteiger partial charge in [0, 0.05) is 28.2 Å². The van der Waals surface area contributed by atoms with Crippen LogP contribution in [0.3, 0.4) is 0 Å². The van der Waals surface area contributed by atoms with Gasteiger partial charge in [-0.15, -0.1) is 0 Å². The number of aromatic hydroxyl groups is 2. The van der Waals surface area contributed by atoms with E-state index in [-0.39, 0.29) is 48.6 Å². The lowest BCUT2D eigenvalue weighted by Crippen LogP contribution is -2.33. The number of nitrogens with zero attached hydrogens (tertiary/aromatic N) is 4. The predicted octanol–water partition coefficient (Wildman–Crippen LogP) is 4.70. The van der Waals surface area contributed by atoms with Gasteiger partial charge < -0.3 is 14.9 Å². The summed E-state index contributed by atoms with van der Waals surface area (Å²) in [5.74, 6) is -2.10. The van der Waals surface area contributed by atoms with Crippen LogP contribution in [0.2, 0.25) is 10.0 Å². The van der Waals surface area contributed by atoms with Crippen molar-refractivity contribution in [3.05, 3.63) is 105 Å². The Kier molecular flexibility index (Phi) is 8.08. The number of benzene rings is 2. The molecular formula is C26H24Cl2N4O5S2. The summed E-state index contributed by atoms with van der Waals surface area (Å²) in [7, 11) is 5.83. The van der Waals surface area contributed by atoms with Gasteiger partial charge in [0.2, 0.25) is 11.8 Å². The van der Waals surface area contributed by atoms with Gasteiger partial charge in [0.05, 0.1) is 27.1 Å². The third-order valence-corrected chi connectivity index (χ3v) is 8.15. The highest BCUT2D eigenvalue weighted by Gasteiger charge is 2.33. The second-order valence-corrected chi connectivity index (χ2v) is 10.5. The average molecular weight is 608 g/mol. The van der Waals surface area contributed by atoms with Gasteiger partial charge in [0.1, 0.15) is 6.61 Å². The minimum Gasteiger partial charge on any atom is -0.494 e. The first-order valence-corrected chi connectivity index (χ1v) is 13.1. The van der Waals surface area contributed by atoms with Crippen molar-refractivity contribution in [2.24, 2.45) is 28.2 Å². The van der Waals surface area contributed by atoms with E-state index in [1.165, 1.54) is 49.5 Å². The molecule has 2 aromatic carbocycles. The zero-order valence-electron chi connectivity index (χ0n) is 21.3. The Labute approximate surface area is 243 Å². The third-order valence-electron chi connectivity index (χ3n) is 6.49. The van der Waals surface area contributed by atoms with Crippen LogP contribution in [0.15, 0.2) is 52.1 Å². The van der Waals surface area contributed by atoms with Crippen LogP contribution in [0.4, 0.5) is 0 Å². The van der Waals surface area contributed by atoms with Crippen molar-refractivity contribution in [3.8, 4) is 17.5 Å². The molecule has 0 fully saturated rings. The first-order chi connectivity index (χ1) is 18.4. The van der Waals surface area contributed by atoms with Crippen LogP contribution in [-0.2, 0) is 34.8 Å². The van der Waals surface area contributed by atoms with Crippen LogP contribution >= 0.6 is 47.6 Å². The van der Waals surface area contributed by atoms with Crippen LogP contribution in [0.1, 0.15) is 28.2 Å². The average Bonchev–Trinajstić information content (AvgIpc) is 2.92. The fourth-order valence-corrected chi connectivity index (χ4v) is 5.27. The van der Waals surface area contributed by atoms with E-state index in [1.807, 2.05) is 30.3 Å². The molecule has 2 heterocycles. The van der Waals surface area contributed by atoms with Gasteiger partial charge in [0.25, 0.3) is 11.1 Å². The summed E-state index contributed by atoms with van der Waals surface area (Å²) >= 11 is 23.7. The fourth-order valence-electron chi connectivity index (χ4n) is 4.32. The Hall–Kier alpha value is -3.38. The Morgan fingerprint density at radius 3 is 1.67 bits per heavy atom. The summed E-state index contributed by atoms with van der Waals surface area (Å²) in [6.07, 6.45) is 0. The van der Waals surface area contributed by atoms with Crippen LogP contribution in [0.5, 0.6) is 17.5 Å². The maximum absolute atomic E-state index is 13.5. The lowest BCUT2D eigenvalue weighted by Gasteiger charge is -2.24. The largest absolute Gasteiger partial charge is 0.494 e. The van der Waals surface area contributed by atoms with Crippen molar-refractivity contribution < 1.29 is 14.9 Å². The molecule has 0 radical (unpaired) electrons. The molecular weight excluding hydrogens is 583 g/mol. The molecule has 0 aliphatic carbocycles. The van der Waals surface area contributed by atoms with Crippen LogP contribution in [-0.4, -0.2) is 28.5 Å². The number of ether oxygens (including phenoxy) is 1. The van der Waals surface area contributed by atoms with Gasteiger partial charge in [-0.05, 0) is 47.7 Å². The molecule has 4 rings (SSSR count). The molecule has 0 saturated carbocycles. The lowest BCUT2D eigenvalue weighted by molar-refractivity contribution is 0.306. The monoisotopic (exact) mass is 606 g/mol. The normalized spacial score (nSPS) is 11.3. The SMILES string of the molecule is Cn1c(O)c(C(c2cc(Cl)c(OCc3ccccc3)c(Cl)c2)c2c(O)n(C)c(=S)n(C)c2=O)c(=O)n(C)c1=S. The standard InChI is InChI=1S/C26H24Cl2N4O5S2/c1-29-21(33)18(22(34)30(2)25(29)38)17(19-23(35)31(3)26(39)32(4)24(19)36)14-10-15(27)20(16(28)11-14)37-12-13-8-6-5-7-9-13/h5-11,17,33,35H,12H2,1-4H3. The molecule has 0 bridgehead atoms. The minimum atomic E-state index is -1.32. The molecule has 2 aromatic heterocycles. The summed E-state index contributed by atoms with van der Waals surface area (Å²) in [6, 6.07) is 12.3. The van der Waals surface area contributed by atoms with Crippen LogP contribution in [0.25, 0.3) is 0 Å². The second kappa shape index (κ2) is 11.0. The highest BCUT2D eigenvalue weighted by molar-refractivity contribution is 7.71. The van der Waals surface area contributed by atoms with E-state index in [0.29, 0.717) is 0 Å². The van der Waals surface area contributed by atoms with Crippen molar-refractivity contribution in [3.63, 3.8) is 0 Å². The zero-order chi connectivity index (χ0) is 28.8. The number of halogens is 2. The molecule has 9 nitrogen and oxygen atoms in total. The maximum atomic E-state index is 13.5. The zero-order valence-corrected chi connectivity index (χ0v) is 24.5. The number of aromatic nitrogens is 4. The molecule has 0 saturated heterocycles. The second-order valence-electron chi connectivity index (χ2n) is 8.91. The molecule has 2 N–H and O–H groups in total. The topological polar surface area (TPSA) is 104 Å². The first kappa shape index (κ1) is 28.6. The molecule has 0 spiro atoms. The number of hydrogen-bond acceptors (Lipinski definition) is 7. The van der Waals surface area contributed by atoms with Crippen molar-refractivity contribution in [1.29, 1.82) is 0 Å². The van der Waals surface area contributed by atoms with Gasteiger partial charge in [0.15, 0.2) is 15.3 Å². The Balaban J connectivity index is 2.02. The van der Waals surface area contributed by atoms with E-state index in [2.05, 4.69) is 0 Å². The maximum Gasteiger partial charge on any atom is 0.262 e. The number of hydrogen-bond donors (Lipinski definition) is 2. The Morgan fingerprint density at radius 2 is 1.23 bits per heavy atom. The van der Waals surface area contributed by atoms with Gasteiger partial charge in [-0.3, -0.25) is 27.9 Å². The highest BCUT2D eigenvalue weighted by Crippen LogP contribution is 2.42. The van der Waals surface area contributed by atoms with Crippen LogP contribution < -0.4 is 15.9 Å². The molecule has 204 valence electrons. The van der Waals surface area contributed by atoms with Gasteiger partial charge in [-0.2, -0.15) is 0 Å². The Bertz CT molecular complexity index is 1740. The van der Waals surface area contributed by atoms with E-state index in [1.54, 1.807) is 0 Å². The van der Waals surface area contributed by atoms with Crippen LogP contribution in [0, 0.1) is 9.54 Å². The molecule has 0 aliphatic heterocycles. The minimum absolute atomic E-state index is 0.0457. The summed E-state index contributed by atoms with van der Waals surface area (Å²) < 4.78 is 10.7. The predicted molar refractivity (Wildman–Crippen MR) is 154 cm³/mol. The molecule has 0 unspecified atom stereocenters. The summed E-state index contributed by atoms with van der Waals surface area (Å²) in [4.78, 5) is 27.0.